The van der Waals surface area contributed by atoms with Crippen molar-refractivity contribution in [1.82, 2.24) is 9.97 Å². The number of hydrogen-bond donors (Lipinski definition) is 1. The summed E-state index contributed by atoms with van der Waals surface area (Å²) >= 11 is 0. The van der Waals surface area contributed by atoms with E-state index in [0.29, 0.717) is 19.0 Å². The minimum Gasteiger partial charge on any atom is -0.486 e. The third-order valence-corrected chi connectivity index (χ3v) is 3.95. The average molecular weight is 334 g/mol. The SMILES string of the molecule is CN(c1ccccc1)c1cc(Nc2ccc3c(c2)OCCO3)ncn1. The maximum Gasteiger partial charge on any atom is 0.163 e. The molecule has 1 N–H and O–H groups in total. The summed E-state index contributed by atoms with van der Waals surface area (Å²) in [6.45, 7) is 1.15. The van der Waals surface area contributed by atoms with Crippen molar-refractivity contribution in [2.45, 2.75) is 0 Å². The fourth-order valence-electron chi connectivity index (χ4n) is 2.65. The predicted molar refractivity (Wildman–Crippen MR) is 97.3 cm³/mol. The molecule has 0 bridgehead atoms. The number of nitrogens with one attached hydrogen (secondary N) is 1. The number of ether oxygens (including phenoxy) is 2. The van der Waals surface area contributed by atoms with Gasteiger partial charge < -0.3 is 19.7 Å². The standard InChI is InChI=1S/C19H18N4O2/c1-23(15-5-3-2-4-6-15)19-12-18(20-13-21-19)22-14-7-8-16-17(11-14)25-10-9-24-16/h2-8,11-13H,9-10H2,1H3,(H,20,21,22). The summed E-state index contributed by atoms with van der Waals surface area (Å²) in [6, 6.07) is 17.7. The summed E-state index contributed by atoms with van der Waals surface area (Å²) in [5, 5.41) is 3.29. The van der Waals surface area contributed by atoms with Gasteiger partial charge in [-0.2, -0.15) is 0 Å². The van der Waals surface area contributed by atoms with Crippen LogP contribution in [0.4, 0.5) is 23.0 Å². The Hall–Kier alpha value is -3.28. The lowest BCUT2D eigenvalue weighted by atomic mass is 10.2. The van der Waals surface area contributed by atoms with Gasteiger partial charge in [0.05, 0.1) is 0 Å². The lowest BCUT2D eigenvalue weighted by molar-refractivity contribution is 0.171. The zero-order valence-corrected chi connectivity index (χ0v) is 13.8. The Bertz CT molecular complexity index is 870. The van der Waals surface area contributed by atoms with Crippen molar-refractivity contribution < 1.29 is 9.47 Å². The zero-order valence-electron chi connectivity index (χ0n) is 13.8. The van der Waals surface area contributed by atoms with Gasteiger partial charge in [0.25, 0.3) is 0 Å². The monoisotopic (exact) mass is 334 g/mol. The molecule has 0 unspecified atom stereocenters. The molecule has 6 heteroatoms. The third-order valence-electron chi connectivity index (χ3n) is 3.95. The Morgan fingerprint density at radius 1 is 0.920 bits per heavy atom. The maximum absolute atomic E-state index is 5.62. The van der Waals surface area contributed by atoms with Gasteiger partial charge in [0.2, 0.25) is 0 Å². The van der Waals surface area contributed by atoms with Crippen LogP contribution >= 0.6 is 0 Å². The van der Waals surface area contributed by atoms with Crippen molar-refractivity contribution in [3.05, 3.63) is 60.9 Å². The molecule has 1 aliphatic heterocycles. The molecule has 0 atom stereocenters. The molecule has 0 fully saturated rings. The van der Waals surface area contributed by atoms with Crippen molar-refractivity contribution in [3.8, 4) is 11.5 Å². The summed E-state index contributed by atoms with van der Waals surface area (Å²) < 4.78 is 11.2. The van der Waals surface area contributed by atoms with Crippen LogP contribution in [0.5, 0.6) is 11.5 Å². The highest BCUT2D eigenvalue weighted by Crippen LogP contribution is 2.33. The molecule has 126 valence electrons. The van der Waals surface area contributed by atoms with Crippen molar-refractivity contribution in [2.24, 2.45) is 0 Å². The Balaban J connectivity index is 1.56. The first-order valence-electron chi connectivity index (χ1n) is 8.07. The summed E-state index contributed by atoms with van der Waals surface area (Å²) in [5.41, 5.74) is 1.95. The van der Waals surface area contributed by atoms with Crippen molar-refractivity contribution in [1.29, 1.82) is 0 Å². The van der Waals surface area contributed by atoms with Gasteiger partial charge in [-0.25, -0.2) is 9.97 Å². The maximum atomic E-state index is 5.62. The summed E-state index contributed by atoms with van der Waals surface area (Å²) in [7, 11) is 1.98. The molecule has 6 nitrogen and oxygen atoms in total. The molecule has 2 aromatic carbocycles. The molecule has 2 heterocycles. The number of benzene rings is 2. The molecule has 4 rings (SSSR count). The number of fused-ring (bicyclic) bond motifs is 1. The molecule has 25 heavy (non-hydrogen) atoms. The van der Waals surface area contributed by atoms with Crippen LogP contribution in [0.25, 0.3) is 0 Å². The third kappa shape index (κ3) is 3.33. The Labute approximate surface area is 146 Å². The molecule has 0 aliphatic carbocycles. The first-order chi connectivity index (χ1) is 12.3. The van der Waals surface area contributed by atoms with Crippen molar-refractivity contribution in [3.63, 3.8) is 0 Å². The molecule has 0 radical (unpaired) electrons. The van der Waals surface area contributed by atoms with E-state index in [1.54, 1.807) is 6.33 Å². The summed E-state index contributed by atoms with van der Waals surface area (Å²) in [4.78, 5) is 10.7. The number of para-hydroxylation sites is 1. The second-order valence-electron chi connectivity index (χ2n) is 5.64. The summed E-state index contributed by atoms with van der Waals surface area (Å²) in [5.74, 6) is 3.03. The van der Waals surface area contributed by atoms with Gasteiger partial charge in [-0.15, -0.1) is 0 Å². The molecule has 1 aromatic heterocycles. The highest BCUT2D eigenvalue weighted by atomic mass is 16.6. The van der Waals surface area contributed by atoms with Crippen LogP contribution in [0.3, 0.4) is 0 Å². The van der Waals surface area contributed by atoms with Gasteiger partial charge in [0, 0.05) is 30.6 Å². The minimum atomic E-state index is 0.565. The molecule has 0 saturated carbocycles. The average Bonchev–Trinajstić information content (AvgIpc) is 2.68. The van der Waals surface area contributed by atoms with Crippen LogP contribution in [0.15, 0.2) is 60.9 Å². The van der Waals surface area contributed by atoms with Gasteiger partial charge in [-0.05, 0) is 24.3 Å². The van der Waals surface area contributed by atoms with Crippen molar-refractivity contribution >= 4 is 23.0 Å². The van der Waals surface area contributed by atoms with E-state index in [-0.39, 0.29) is 0 Å². The van der Waals surface area contributed by atoms with Gasteiger partial charge in [0.15, 0.2) is 11.5 Å². The fourth-order valence-corrected chi connectivity index (χ4v) is 2.65. The van der Waals surface area contributed by atoms with Crippen molar-refractivity contribution in [2.75, 3.05) is 30.5 Å². The fraction of sp³-hybridized carbons (Fsp3) is 0.158. The number of anilines is 4. The number of aromatic nitrogens is 2. The van der Waals surface area contributed by atoms with E-state index < -0.39 is 0 Å². The highest BCUT2D eigenvalue weighted by Gasteiger charge is 2.12. The van der Waals surface area contributed by atoms with E-state index in [1.165, 1.54) is 0 Å². The summed E-state index contributed by atoms with van der Waals surface area (Å²) in [6.07, 6.45) is 1.55. The van der Waals surface area contributed by atoms with E-state index in [1.807, 2.05) is 66.5 Å². The number of hydrogen-bond acceptors (Lipinski definition) is 6. The molecule has 1 aliphatic rings. The van der Waals surface area contributed by atoms with Gasteiger partial charge in [-0.1, -0.05) is 18.2 Å². The topological polar surface area (TPSA) is 59.5 Å². The first-order valence-corrected chi connectivity index (χ1v) is 8.07. The van der Waals surface area contributed by atoms with Gasteiger partial charge in [0.1, 0.15) is 31.2 Å². The normalized spacial score (nSPS) is 12.5. The van der Waals surface area contributed by atoms with Gasteiger partial charge in [-0.3, -0.25) is 0 Å². The zero-order chi connectivity index (χ0) is 17.1. The van der Waals surface area contributed by atoms with E-state index in [9.17, 15) is 0 Å². The Morgan fingerprint density at radius 3 is 2.56 bits per heavy atom. The number of nitrogens with zero attached hydrogens (tertiary/aromatic N) is 3. The van der Waals surface area contributed by atoms with Crippen LogP contribution in [0.2, 0.25) is 0 Å². The highest BCUT2D eigenvalue weighted by molar-refractivity contribution is 5.66. The Kier molecular flexibility index (Phi) is 4.08. The molecular formula is C19H18N4O2. The lowest BCUT2D eigenvalue weighted by Gasteiger charge is -2.20. The molecular weight excluding hydrogens is 316 g/mol. The van der Waals surface area contributed by atoms with Gasteiger partial charge >= 0.3 is 0 Å². The quantitative estimate of drug-likeness (QED) is 0.784. The molecule has 0 spiro atoms. The second kappa shape index (κ2) is 6.68. The van der Waals surface area contributed by atoms with Crippen LogP contribution in [0, 0.1) is 0 Å². The second-order valence-corrected chi connectivity index (χ2v) is 5.64. The Morgan fingerprint density at radius 2 is 1.72 bits per heavy atom. The van der Waals surface area contributed by atoms with E-state index in [4.69, 9.17) is 9.47 Å². The van der Waals surface area contributed by atoms with Crippen LogP contribution < -0.4 is 19.7 Å². The largest absolute Gasteiger partial charge is 0.486 e. The predicted octanol–water partition coefficient (Wildman–Crippen LogP) is 3.76. The molecule has 3 aromatic rings. The van der Waals surface area contributed by atoms with E-state index in [0.717, 1.165) is 28.7 Å². The first kappa shape index (κ1) is 15.3. The molecule has 0 saturated heterocycles. The van der Waals surface area contributed by atoms with E-state index >= 15 is 0 Å². The van der Waals surface area contributed by atoms with Crippen LogP contribution in [-0.4, -0.2) is 30.2 Å². The number of rotatable bonds is 4. The molecule has 0 amide bonds. The van der Waals surface area contributed by atoms with Crippen LogP contribution in [-0.2, 0) is 0 Å². The van der Waals surface area contributed by atoms with E-state index in [2.05, 4.69) is 15.3 Å². The van der Waals surface area contributed by atoms with Crippen LogP contribution in [0.1, 0.15) is 0 Å². The minimum absolute atomic E-state index is 0.565. The lowest BCUT2D eigenvalue weighted by Crippen LogP contribution is -2.15. The smallest absolute Gasteiger partial charge is 0.163 e.